The first-order valence-corrected chi connectivity index (χ1v) is 12.7. The molecule has 3 amide bonds. The molecule has 1 atom stereocenters. The number of carboxylic acid groups (broad SMARTS) is 1. The van der Waals surface area contributed by atoms with Crippen molar-refractivity contribution in [1.29, 1.82) is 5.26 Å². The number of hydrogen-bond donors (Lipinski definition) is 3. The summed E-state index contributed by atoms with van der Waals surface area (Å²) in [6.45, 7) is 6.93. The Hall–Kier alpha value is -4.88. The minimum atomic E-state index is -1.17. The predicted molar refractivity (Wildman–Crippen MR) is 154 cm³/mol. The van der Waals surface area contributed by atoms with Gasteiger partial charge in [-0.2, -0.15) is 5.26 Å². The van der Waals surface area contributed by atoms with Gasteiger partial charge in [-0.15, -0.1) is 0 Å². The van der Waals surface area contributed by atoms with Crippen molar-refractivity contribution < 1.29 is 14.7 Å². The van der Waals surface area contributed by atoms with Gasteiger partial charge in [-0.05, 0) is 70.2 Å². The van der Waals surface area contributed by atoms with Gasteiger partial charge in [0, 0.05) is 11.2 Å². The third-order valence-electron chi connectivity index (χ3n) is 6.22. The Morgan fingerprint density at radius 3 is 2.45 bits per heavy atom. The fourth-order valence-corrected chi connectivity index (χ4v) is 4.83. The third kappa shape index (κ3) is 5.60. The number of nitriles is 1. The highest BCUT2D eigenvalue weighted by Gasteiger charge is 2.34. The largest absolute Gasteiger partial charge is 0.465 e. The van der Waals surface area contributed by atoms with Crippen LogP contribution in [0.2, 0.25) is 5.02 Å². The van der Waals surface area contributed by atoms with Crippen LogP contribution in [0.5, 0.6) is 0 Å². The molecule has 4 rings (SSSR count). The second-order valence-corrected chi connectivity index (χ2v) is 10.4. The highest BCUT2D eigenvalue weighted by atomic mass is 35.5. The quantitative estimate of drug-likeness (QED) is 0.259. The molecule has 0 aliphatic heterocycles. The summed E-state index contributed by atoms with van der Waals surface area (Å²) < 4.78 is 1.31. The smallest absolute Gasteiger partial charge is 0.408 e. The molecule has 4 aromatic rings. The summed E-state index contributed by atoms with van der Waals surface area (Å²) in [5.41, 5.74) is 0.377. The second-order valence-electron chi connectivity index (χ2n) is 10.0. The molecule has 1 aromatic heterocycles. The Bertz CT molecular complexity index is 1720. The topological polar surface area (TPSA) is 140 Å². The zero-order valence-electron chi connectivity index (χ0n) is 22.3. The lowest BCUT2D eigenvalue weighted by molar-refractivity contribution is 0.0719. The van der Waals surface area contributed by atoms with E-state index in [-0.39, 0.29) is 16.2 Å². The molecule has 3 N–H and O–H groups in total. The van der Waals surface area contributed by atoms with Gasteiger partial charge < -0.3 is 15.7 Å². The summed E-state index contributed by atoms with van der Waals surface area (Å²) in [6, 6.07) is 18.6. The molecule has 40 heavy (non-hydrogen) atoms. The van der Waals surface area contributed by atoms with Crippen molar-refractivity contribution in [1.82, 2.24) is 14.5 Å². The number of carbonyl (C=O) groups is 2. The maximum atomic E-state index is 13.9. The first-order valence-electron chi connectivity index (χ1n) is 12.3. The van der Waals surface area contributed by atoms with Crippen molar-refractivity contribution in [3.05, 3.63) is 93.5 Å². The summed E-state index contributed by atoms with van der Waals surface area (Å²) >= 11 is 6.40. The number of nitrogens with zero attached hydrogens (tertiary/aromatic N) is 4. The summed E-state index contributed by atoms with van der Waals surface area (Å²) in [5.74, 6) is 0.182. The zero-order chi connectivity index (χ0) is 29.2. The van der Waals surface area contributed by atoms with Crippen LogP contribution in [0.25, 0.3) is 16.6 Å². The number of halogens is 1. The average Bonchev–Trinajstić information content (AvgIpc) is 2.87. The lowest BCUT2D eigenvalue weighted by Crippen LogP contribution is -2.47. The summed E-state index contributed by atoms with van der Waals surface area (Å²) in [7, 11) is 0. The Morgan fingerprint density at radius 2 is 1.77 bits per heavy atom. The number of urea groups is 1. The molecular weight excluding hydrogens is 532 g/mol. The third-order valence-corrected chi connectivity index (χ3v) is 6.54. The van der Waals surface area contributed by atoms with Crippen LogP contribution in [0.3, 0.4) is 0 Å². The lowest BCUT2D eigenvalue weighted by atomic mass is 10.0. The SMILES string of the molecule is CC(c1nc2cccc(Cl)c2c(=O)n1-c1cccc(NC(=O)Nc2ccccc2C#N)c1)N(C(=O)O)C(C)(C)C. The Labute approximate surface area is 235 Å². The fraction of sp³-hybridized carbons (Fsp3) is 0.207. The maximum absolute atomic E-state index is 13.9. The van der Waals surface area contributed by atoms with E-state index in [0.29, 0.717) is 28.1 Å². The highest BCUT2D eigenvalue weighted by Crippen LogP contribution is 2.30. The number of hydrogen-bond acceptors (Lipinski definition) is 5. The molecule has 0 radical (unpaired) electrons. The molecule has 0 bridgehead atoms. The number of fused-ring (bicyclic) bond motifs is 1. The first kappa shape index (κ1) is 28.1. The van der Waals surface area contributed by atoms with Gasteiger partial charge in [-0.3, -0.25) is 14.3 Å². The van der Waals surface area contributed by atoms with Crippen LogP contribution in [0.1, 0.15) is 45.1 Å². The summed E-state index contributed by atoms with van der Waals surface area (Å²) in [5, 5.41) is 25.1. The standard InChI is InChI=1S/C29H27ClN6O4/c1-17(36(28(39)40)29(2,3)4)25-33-23-14-8-12-21(30)24(23)26(37)35(25)20-11-7-10-19(15-20)32-27(38)34-22-13-6-5-9-18(22)16-31/h5-15,17H,1-4H3,(H,39,40)(H2,32,34,38). The van der Waals surface area contributed by atoms with E-state index in [1.165, 1.54) is 9.47 Å². The van der Waals surface area contributed by atoms with Gasteiger partial charge in [0.25, 0.3) is 5.56 Å². The number of para-hydroxylation sites is 1. The van der Waals surface area contributed by atoms with Crippen LogP contribution >= 0.6 is 11.6 Å². The fourth-order valence-electron chi connectivity index (χ4n) is 4.58. The van der Waals surface area contributed by atoms with E-state index in [0.717, 1.165) is 0 Å². The molecule has 0 saturated carbocycles. The van der Waals surface area contributed by atoms with E-state index in [1.54, 1.807) is 94.4 Å². The molecule has 1 unspecified atom stereocenters. The molecule has 10 nitrogen and oxygen atoms in total. The summed E-state index contributed by atoms with van der Waals surface area (Å²) in [4.78, 5) is 44.9. The predicted octanol–water partition coefficient (Wildman–Crippen LogP) is 6.39. The van der Waals surface area contributed by atoms with Gasteiger partial charge in [-0.1, -0.05) is 35.9 Å². The van der Waals surface area contributed by atoms with Crippen LogP contribution in [0, 0.1) is 11.3 Å². The van der Waals surface area contributed by atoms with Gasteiger partial charge in [0.05, 0.1) is 38.9 Å². The Kier molecular flexibility index (Phi) is 7.79. The van der Waals surface area contributed by atoms with E-state index < -0.39 is 29.3 Å². The van der Waals surface area contributed by atoms with Gasteiger partial charge in [-0.25, -0.2) is 14.6 Å². The van der Waals surface area contributed by atoms with Gasteiger partial charge in [0.2, 0.25) is 0 Å². The van der Waals surface area contributed by atoms with E-state index in [1.807, 2.05) is 6.07 Å². The van der Waals surface area contributed by atoms with Crippen LogP contribution in [0.15, 0.2) is 71.5 Å². The number of aromatic nitrogens is 2. The number of rotatable bonds is 5. The molecule has 0 fully saturated rings. The number of amides is 3. The molecule has 0 saturated heterocycles. The average molecular weight is 559 g/mol. The van der Waals surface area contributed by atoms with Crippen LogP contribution in [0.4, 0.5) is 21.0 Å². The molecular formula is C29H27ClN6O4. The molecule has 11 heteroatoms. The van der Waals surface area contributed by atoms with E-state index in [4.69, 9.17) is 16.6 Å². The molecule has 0 aliphatic carbocycles. The minimum Gasteiger partial charge on any atom is -0.465 e. The van der Waals surface area contributed by atoms with Crippen molar-refractivity contribution in [3.63, 3.8) is 0 Å². The van der Waals surface area contributed by atoms with E-state index in [2.05, 4.69) is 10.6 Å². The number of carbonyl (C=O) groups excluding carboxylic acids is 1. The highest BCUT2D eigenvalue weighted by molar-refractivity contribution is 6.35. The molecule has 3 aromatic carbocycles. The maximum Gasteiger partial charge on any atom is 0.408 e. The monoisotopic (exact) mass is 558 g/mol. The van der Waals surface area contributed by atoms with Crippen LogP contribution in [-0.2, 0) is 0 Å². The van der Waals surface area contributed by atoms with Crippen LogP contribution in [-0.4, -0.2) is 37.2 Å². The Balaban J connectivity index is 1.82. The lowest BCUT2D eigenvalue weighted by Gasteiger charge is -2.38. The number of anilines is 2. The normalized spacial score (nSPS) is 11.9. The van der Waals surface area contributed by atoms with Crippen molar-refractivity contribution in [2.45, 2.75) is 39.3 Å². The zero-order valence-corrected chi connectivity index (χ0v) is 23.0. The first-order chi connectivity index (χ1) is 18.9. The molecule has 0 spiro atoms. The van der Waals surface area contributed by atoms with Crippen molar-refractivity contribution in [2.24, 2.45) is 0 Å². The molecule has 1 heterocycles. The molecule has 204 valence electrons. The minimum absolute atomic E-state index is 0.182. The van der Waals surface area contributed by atoms with Gasteiger partial charge in [0.1, 0.15) is 11.9 Å². The number of benzene rings is 3. The van der Waals surface area contributed by atoms with Crippen molar-refractivity contribution >= 4 is 46.0 Å². The van der Waals surface area contributed by atoms with Crippen molar-refractivity contribution in [3.8, 4) is 11.8 Å². The van der Waals surface area contributed by atoms with Gasteiger partial charge >= 0.3 is 12.1 Å². The van der Waals surface area contributed by atoms with E-state index in [9.17, 15) is 24.8 Å². The second kappa shape index (κ2) is 11.1. The van der Waals surface area contributed by atoms with Crippen LogP contribution < -0.4 is 16.2 Å². The van der Waals surface area contributed by atoms with E-state index >= 15 is 0 Å². The molecule has 0 aliphatic rings. The van der Waals surface area contributed by atoms with Gasteiger partial charge in [0.15, 0.2) is 0 Å². The Morgan fingerprint density at radius 1 is 1.07 bits per heavy atom. The summed E-state index contributed by atoms with van der Waals surface area (Å²) in [6.07, 6.45) is -1.17. The van der Waals surface area contributed by atoms with Crippen molar-refractivity contribution in [2.75, 3.05) is 10.6 Å². The number of nitrogens with one attached hydrogen (secondary N) is 2.